The van der Waals surface area contributed by atoms with Crippen LogP contribution in [0.25, 0.3) is 11.0 Å². The number of fused-ring (bicyclic) bond motifs is 1. The van der Waals surface area contributed by atoms with Crippen LogP contribution in [-0.2, 0) is 17.6 Å². The Labute approximate surface area is 135 Å². The number of hydrogen-bond donors (Lipinski definition) is 2. The highest BCUT2D eigenvalue weighted by Gasteiger charge is 2.05. The van der Waals surface area contributed by atoms with Gasteiger partial charge in [-0.05, 0) is 36.2 Å². The molecule has 3 aromatic rings. The van der Waals surface area contributed by atoms with Crippen molar-refractivity contribution in [1.82, 2.24) is 5.32 Å². The Hall–Kier alpha value is -2.75. The molecule has 1 amide bonds. The highest BCUT2D eigenvalue weighted by Crippen LogP contribution is 2.18. The monoisotopic (exact) mass is 308 g/mol. The minimum atomic E-state index is 0.0449. The Morgan fingerprint density at radius 1 is 1.04 bits per heavy atom. The number of para-hydroxylation sites is 1. The lowest BCUT2D eigenvalue weighted by Crippen LogP contribution is -2.25. The number of nitrogens with one attached hydrogen (secondary N) is 1. The molecular formula is C19H20N2O2. The molecule has 0 aliphatic carbocycles. The molecule has 0 bridgehead atoms. The van der Waals surface area contributed by atoms with Gasteiger partial charge in [0.1, 0.15) is 11.3 Å². The summed E-state index contributed by atoms with van der Waals surface area (Å²) in [7, 11) is 0. The predicted octanol–water partition coefficient (Wildman–Crippen LogP) is 3.31. The minimum absolute atomic E-state index is 0.0449. The molecule has 0 radical (unpaired) electrons. The fourth-order valence-electron chi connectivity index (χ4n) is 2.58. The number of benzene rings is 2. The molecule has 1 heterocycles. The summed E-state index contributed by atoms with van der Waals surface area (Å²) in [5, 5.41) is 4.02. The summed E-state index contributed by atoms with van der Waals surface area (Å²) in [5.41, 5.74) is 8.43. The van der Waals surface area contributed by atoms with Crippen molar-refractivity contribution in [3.05, 3.63) is 65.9 Å². The Morgan fingerprint density at radius 2 is 1.91 bits per heavy atom. The molecule has 118 valence electrons. The molecule has 4 nitrogen and oxygen atoms in total. The lowest BCUT2D eigenvalue weighted by Gasteiger charge is -2.05. The normalized spacial score (nSPS) is 10.8. The first-order valence-corrected chi connectivity index (χ1v) is 7.79. The van der Waals surface area contributed by atoms with Crippen molar-refractivity contribution in [1.29, 1.82) is 0 Å². The number of nitrogen functional groups attached to an aromatic ring is 1. The number of carbonyl (C=O) groups excluding carboxylic acids is 1. The van der Waals surface area contributed by atoms with Crippen LogP contribution in [0, 0.1) is 0 Å². The highest BCUT2D eigenvalue weighted by atomic mass is 16.3. The lowest BCUT2D eigenvalue weighted by molar-refractivity contribution is -0.121. The minimum Gasteiger partial charge on any atom is -0.461 e. The van der Waals surface area contributed by atoms with Crippen LogP contribution in [0.2, 0.25) is 0 Å². The molecule has 3 N–H and O–H groups in total. The summed E-state index contributed by atoms with van der Waals surface area (Å²) in [4.78, 5) is 11.9. The first-order chi connectivity index (χ1) is 11.2. The molecule has 0 fully saturated rings. The van der Waals surface area contributed by atoms with Gasteiger partial charge in [0.15, 0.2) is 0 Å². The molecule has 0 saturated heterocycles. The molecule has 0 saturated carbocycles. The van der Waals surface area contributed by atoms with Gasteiger partial charge in [0.25, 0.3) is 0 Å². The van der Waals surface area contributed by atoms with E-state index in [1.165, 1.54) is 0 Å². The van der Waals surface area contributed by atoms with Crippen molar-refractivity contribution >= 4 is 22.6 Å². The summed E-state index contributed by atoms with van der Waals surface area (Å²) < 4.78 is 5.73. The summed E-state index contributed by atoms with van der Waals surface area (Å²) in [6.07, 6.45) is 1.85. The fraction of sp³-hybridized carbons (Fsp3) is 0.211. The van der Waals surface area contributed by atoms with Crippen molar-refractivity contribution < 1.29 is 9.21 Å². The van der Waals surface area contributed by atoms with Gasteiger partial charge < -0.3 is 15.5 Å². The maximum Gasteiger partial charge on any atom is 0.220 e. The van der Waals surface area contributed by atoms with Gasteiger partial charge in [-0.3, -0.25) is 4.79 Å². The Bertz CT molecular complexity index is 775. The van der Waals surface area contributed by atoms with E-state index in [2.05, 4.69) is 5.32 Å². The molecule has 2 aromatic carbocycles. The van der Waals surface area contributed by atoms with Gasteiger partial charge in [-0.1, -0.05) is 30.3 Å². The van der Waals surface area contributed by atoms with Crippen molar-refractivity contribution in [3.8, 4) is 0 Å². The van der Waals surface area contributed by atoms with Crippen molar-refractivity contribution in [2.45, 2.75) is 19.3 Å². The Morgan fingerprint density at radius 3 is 2.74 bits per heavy atom. The Kier molecular flexibility index (Phi) is 4.62. The number of furan rings is 1. The van der Waals surface area contributed by atoms with Crippen molar-refractivity contribution in [2.75, 3.05) is 12.3 Å². The number of amides is 1. The van der Waals surface area contributed by atoms with Gasteiger partial charge in [0.2, 0.25) is 5.91 Å². The lowest BCUT2D eigenvalue weighted by atomic mass is 10.1. The summed E-state index contributed by atoms with van der Waals surface area (Å²) in [6.45, 7) is 0.579. The van der Waals surface area contributed by atoms with Gasteiger partial charge in [-0.2, -0.15) is 0 Å². The molecule has 23 heavy (non-hydrogen) atoms. The summed E-state index contributed by atoms with van der Waals surface area (Å²) in [5.74, 6) is 0.936. The maximum absolute atomic E-state index is 11.9. The van der Waals surface area contributed by atoms with Gasteiger partial charge in [0.05, 0.1) is 0 Å². The fourth-order valence-corrected chi connectivity index (χ4v) is 2.58. The van der Waals surface area contributed by atoms with Crippen LogP contribution < -0.4 is 11.1 Å². The van der Waals surface area contributed by atoms with Crippen LogP contribution in [0.4, 0.5) is 5.69 Å². The Balaban J connectivity index is 1.44. The van der Waals surface area contributed by atoms with E-state index in [9.17, 15) is 4.79 Å². The van der Waals surface area contributed by atoms with E-state index in [0.29, 0.717) is 25.8 Å². The third-order valence-corrected chi connectivity index (χ3v) is 3.76. The largest absolute Gasteiger partial charge is 0.461 e. The smallest absolute Gasteiger partial charge is 0.220 e. The van der Waals surface area contributed by atoms with Crippen molar-refractivity contribution in [2.24, 2.45) is 0 Å². The maximum atomic E-state index is 11.9. The molecule has 0 spiro atoms. The third kappa shape index (κ3) is 4.13. The molecule has 4 heteroatoms. The van der Waals surface area contributed by atoms with Gasteiger partial charge in [-0.25, -0.2) is 0 Å². The molecule has 0 aliphatic rings. The predicted molar refractivity (Wildman–Crippen MR) is 92.1 cm³/mol. The van der Waals surface area contributed by atoms with E-state index in [1.807, 2.05) is 54.6 Å². The van der Waals surface area contributed by atoms with E-state index < -0.39 is 0 Å². The van der Waals surface area contributed by atoms with E-state index in [4.69, 9.17) is 10.2 Å². The number of rotatable bonds is 6. The van der Waals surface area contributed by atoms with E-state index >= 15 is 0 Å². The van der Waals surface area contributed by atoms with Crippen LogP contribution in [0.5, 0.6) is 0 Å². The molecule has 0 unspecified atom stereocenters. The second-order valence-electron chi connectivity index (χ2n) is 5.60. The standard InChI is InChI=1S/C19H20N2O2/c20-16-6-3-4-14(12-16)8-9-19(22)21-11-10-17-13-15-5-1-2-7-18(15)23-17/h1-7,12-13H,8-11,20H2,(H,21,22). The van der Waals surface area contributed by atoms with Crippen LogP contribution in [0.1, 0.15) is 17.7 Å². The van der Waals surface area contributed by atoms with E-state index in [1.54, 1.807) is 0 Å². The van der Waals surface area contributed by atoms with Gasteiger partial charge in [0, 0.05) is 30.5 Å². The number of aryl methyl sites for hydroxylation is 1. The van der Waals surface area contributed by atoms with Crippen molar-refractivity contribution in [3.63, 3.8) is 0 Å². The first-order valence-electron chi connectivity index (χ1n) is 7.79. The zero-order valence-electron chi connectivity index (χ0n) is 12.9. The zero-order valence-corrected chi connectivity index (χ0v) is 12.9. The van der Waals surface area contributed by atoms with Gasteiger partial charge in [-0.15, -0.1) is 0 Å². The average molecular weight is 308 g/mol. The number of carbonyl (C=O) groups is 1. The van der Waals surface area contributed by atoms with Crippen LogP contribution in [-0.4, -0.2) is 12.5 Å². The van der Waals surface area contributed by atoms with E-state index in [0.717, 1.165) is 28.0 Å². The average Bonchev–Trinajstić information content (AvgIpc) is 2.96. The number of anilines is 1. The topological polar surface area (TPSA) is 68.3 Å². The number of hydrogen-bond acceptors (Lipinski definition) is 3. The van der Waals surface area contributed by atoms with Crippen LogP contribution in [0.3, 0.4) is 0 Å². The number of nitrogens with two attached hydrogens (primary N) is 1. The summed E-state index contributed by atoms with van der Waals surface area (Å²) in [6, 6.07) is 17.6. The molecule has 0 atom stereocenters. The van der Waals surface area contributed by atoms with E-state index in [-0.39, 0.29) is 5.91 Å². The quantitative estimate of drug-likeness (QED) is 0.686. The van der Waals surface area contributed by atoms with Crippen LogP contribution >= 0.6 is 0 Å². The second-order valence-corrected chi connectivity index (χ2v) is 5.60. The second kappa shape index (κ2) is 7.01. The van der Waals surface area contributed by atoms with Gasteiger partial charge >= 0.3 is 0 Å². The molecule has 0 aliphatic heterocycles. The highest BCUT2D eigenvalue weighted by molar-refractivity contribution is 5.78. The third-order valence-electron chi connectivity index (χ3n) is 3.76. The zero-order chi connectivity index (χ0) is 16.1. The molecular weight excluding hydrogens is 288 g/mol. The molecule has 3 rings (SSSR count). The first kappa shape index (κ1) is 15.2. The molecule has 1 aromatic heterocycles. The van der Waals surface area contributed by atoms with Crippen LogP contribution in [0.15, 0.2) is 59.0 Å². The summed E-state index contributed by atoms with van der Waals surface area (Å²) >= 11 is 0. The SMILES string of the molecule is Nc1cccc(CCC(=O)NCCc2cc3ccccc3o2)c1.